The maximum absolute atomic E-state index is 10.7. The Morgan fingerprint density at radius 2 is 1.42 bits per heavy atom. The topological polar surface area (TPSA) is 40.8 Å². The summed E-state index contributed by atoms with van der Waals surface area (Å²) >= 11 is 0. The second kappa shape index (κ2) is 6.02. The molecule has 0 saturated carbocycles. The monoisotopic (exact) mass is 398 g/mol. The first-order valence-corrected chi connectivity index (χ1v) is 9.01. The van der Waals surface area contributed by atoms with Crippen LogP contribution in [-0.2, 0) is 0 Å². The number of fused-ring (bicyclic) bond motifs is 1. The molecule has 0 aliphatic rings. The molecule has 0 aliphatic heterocycles. The van der Waals surface area contributed by atoms with E-state index in [1.54, 1.807) is 19.2 Å². The summed E-state index contributed by atoms with van der Waals surface area (Å²) in [5.41, 5.74) is 1.72. The van der Waals surface area contributed by atoms with E-state index in [0.717, 1.165) is 28.0 Å². The van der Waals surface area contributed by atoms with Crippen LogP contribution in [0.2, 0.25) is 0 Å². The van der Waals surface area contributed by atoms with Gasteiger partial charge in [-0.3, -0.25) is 0 Å². The Bertz CT molecular complexity index is 913. The van der Waals surface area contributed by atoms with Crippen LogP contribution in [0.15, 0.2) is 59.0 Å². The first-order chi connectivity index (χ1) is 11.7. The molecule has 0 spiro atoms. The Morgan fingerprint density at radius 1 is 0.846 bits per heavy atom. The number of phenols is 1. The summed E-state index contributed by atoms with van der Waals surface area (Å²) in [5, 5.41) is 10.3. The Hall–Kier alpha value is -2.54. The number of phenolic OH excluding ortho intramolecular Hbond substituents is 1. The molecule has 0 radical (unpaired) electrons. The van der Waals surface area contributed by atoms with Crippen LogP contribution in [0.5, 0.6) is 11.5 Å². The van der Waals surface area contributed by atoms with E-state index in [1.807, 2.05) is 42.5 Å². The number of halogens is 6. The molecule has 0 aliphatic carbocycles. The molecule has 3 nitrogen and oxygen atoms in total. The molecule has 1 N–H and O–H groups in total. The first-order valence-electron chi connectivity index (χ1n) is 6.98. The van der Waals surface area contributed by atoms with Crippen molar-refractivity contribution < 1.29 is 39.4 Å². The van der Waals surface area contributed by atoms with Crippen molar-refractivity contribution in [1.29, 1.82) is 0 Å². The standard InChI is InChI=1S/C16H12O3.F6P/c1-18-14-7-9-16-12(10-14)4-8-15(19-16)11-2-5-13(17)6-3-11;1-7(2,3,4,5)6/h2-10H,1H3;/q;-1/p+1. The summed E-state index contributed by atoms with van der Waals surface area (Å²) in [4.78, 5) is 0. The Morgan fingerprint density at radius 3 is 1.96 bits per heavy atom. The summed E-state index contributed by atoms with van der Waals surface area (Å²) < 4.78 is 70.2. The molecule has 0 bridgehead atoms. The van der Waals surface area contributed by atoms with Crippen molar-refractivity contribution >= 4 is 18.8 Å². The third-order valence-corrected chi connectivity index (χ3v) is 3.00. The summed E-state index contributed by atoms with van der Waals surface area (Å²) in [6.07, 6.45) is 0. The van der Waals surface area contributed by atoms with E-state index in [9.17, 15) is 30.3 Å². The molecule has 1 heterocycles. The van der Waals surface area contributed by atoms with E-state index >= 15 is 0 Å². The van der Waals surface area contributed by atoms with Crippen molar-refractivity contribution in [2.24, 2.45) is 0 Å². The normalized spacial score (nSPS) is 14.0. The van der Waals surface area contributed by atoms with E-state index in [1.165, 1.54) is 0 Å². The number of ether oxygens (including phenoxy) is 1. The van der Waals surface area contributed by atoms with Crippen LogP contribution in [0, 0.1) is 0 Å². The van der Waals surface area contributed by atoms with Gasteiger partial charge in [0, 0.05) is 12.1 Å². The number of rotatable bonds is 2. The zero-order valence-corrected chi connectivity index (χ0v) is 14.1. The average molecular weight is 398 g/mol. The van der Waals surface area contributed by atoms with Crippen molar-refractivity contribution in [1.82, 2.24) is 0 Å². The van der Waals surface area contributed by atoms with E-state index in [-0.39, 0.29) is 5.75 Å². The van der Waals surface area contributed by atoms with Gasteiger partial charge in [0.1, 0.15) is 11.5 Å². The molecule has 26 heavy (non-hydrogen) atoms. The number of benzene rings is 2. The van der Waals surface area contributed by atoms with Crippen molar-refractivity contribution in [3.8, 4) is 22.8 Å². The molecule has 1 aromatic heterocycles. The Kier molecular flexibility index (Phi) is 4.58. The second-order valence-corrected chi connectivity index (χ2v) is 7.13. The van der Waals surface area contributed by atoms with Crippen LogP contribution >= 0.6 is 7.81 Å². The van der Waals surface area contributed by atoms with Crippen molar-refractivity contribution in [3.05, 3.63) is 54.6 Å². The van der Waals surface area contributed by atoms with E-state index < -0.39 is 7.81 Å². The molecule has 2 aromatic carbocycles. The summed E-state index contributed by atoms with van der Waals surface area (Å²) in [6.45, 7) is 0. The summed E-state index contributed by atoms with van der Waals surface area (Å²) in [6, 6.07) is 16.5. The van der Waals surface area contributed by atoms with Gasteiger partial charge in [-0.1, -0.05) is 0 Å². The van der Waals surface area contributed by atoms with Gasteiger partial charge < -0.3 is 9.84 Å². The minimum atomic E-state index is -10.7. The second-order valence-electron chi connectivity index (χ2n) is 5.21. The number of hydrogen-bond donors (Lipinski definition) is 1. The molecule has 0 amide bonds. The van der Waals surface area contributed by atoms with Crippen LogP contribution in [0.1, 0.15) is 0 Å². The van der Waals surface area contributed by atoms with Crippen molar-refractivity contribution in [2.45, 2.75) is 0 Å². The molecule has 10 heteroatoms. The first kappa shape index (κ1) is 19.8. The summed E-state index contributed by atoms with van der Waals surface area (Å²) in [7, 11) is -9.02. The predicted octanol–water partition coefficient (Wildman–Crippen LogP) is 7.48. The molecule has 142 valence electrons. The maximum atomic E-state index is 9.87. The summed E-state index contributed by atoms with van der Waals surface area (Å²) in [5.74, 6) is 1.81. The molecular weight excluding hydrogens is 385 g/mol. The van der Waals surface area contributed by atoms with E-state index in [0.29, 0.717) is 0 Å². The molecule has 3 aromatic rings. The fourth-order valence-corrected chi connectivity index (χ4v) is 1.98. The predicted molar refractivity (Wildman–Crippen MR) is 87.8 cm³/mol. The zero-order chi connectivity index (χ0) is 19.7. The van der Waals surface area contributed by atoms with Gasteiger partial charge in [-0.2, -0.15) is 0 Å². The fraction of sp³-hybridized carbons (Fsp3) is 0.0625. The van der Waals surface area contributed by atoms with E-state index in [2.05, 4.69) is 0 Å². The number of aromatic hydroxyl groups is 1. The van der Waals surface area contributed by atoms with Gasteiger partial charge in [0.2, 0.25) is 0 Å². The molecule has 3 rings (SSSR count). The quantitative estimate of drug-likeness (QED) is 0.276. The van der Waals surface area contributed by atoms with Gasteiger partial charge in [-0.05, 0) is 42.5 Å². The Balaban J connectivity index is 0.000000298. The number of hydrogen-bond acceptors (Lipinski definition) is 2. The average Bonchev–Trinajstić information content (AvgIpc) is 2.51. The van der Waals surface area contributed by atoms with Gasteiger partial charge in [0.25, 0.3) is 0 Å². The van der Waals surface area contributed by atoms with Crippen molar-refractivity contribution in [3.63, 3.8) is 0 Å². The van der Waals surface area contributed by atoms with Gasteiger partial charge in [-0.25, -0.2) is 4.42 Å². The van der Waals surface area contributed by atoms with Crippen LogP contribution < -0.4 is 4.74 Å². The SMILES string of the molecule is COc1ccc2[o+]c(-c3ccc(O)cc3)ccc2c1.F[P-](F)(F)(F)(F)F. The molecular formula is C16H13F6O3P. The number of methoxy groups -OCH3 is 1. The van der Waals surface area contributed by atoms with Crippen LogP contribution in [0.4, 0.5) is 25.2 Å². The molecule has 0 saturated heterocycles. The van der Waals surface area contributed by atoms with E-state index in [4.69, 9.17) is 9.15 Å². The van der Waals surface area contributed by atoms with Gasteiger partial charge >= 0.3 is 44.3 Å². The zero-order valence-electron chi connectivity index (χ0n) is 13.2. The van der Waals surface area contributed by atoms with Crippen LogP contribution in [0.3, 0.4) is 0 Å². The molecule has 0 atom stereocenters. The Labute approximate surface area is 143 Å². The van der Waals surface area contributed by atoms with Crippen molar-refractivity contribution in [2.75, 3.05) is 7.11 Å². The van der Waals surface area contributed by atoms with Gasteiger partial charge in [0.15, 0.2) is 0 Å². The van der Waals surface area contributed by atoms with Gasteiger partial charge in [0.05, 0.1) is 18.1 Å². The molecule has 0 fully saturated rings. The molecule has 0 unspecified atom stereocenters. The third kappa shape index (κ3) is 7.14. The fourth-order valence-electron chi connectivity index (χ4n) is 1.98. The van der Waals surface area contributed by atoms with Crippen LogP contribution in [-0.4, -0.2) is 12.2 Å². The van der Waals surface area contributed by atoms with Crippen LogP contribution in [0.25, 0.3) is 22.3 Å². The third-order valence-electron chi connectivity index (χ3n) is 3.00. The van der Waals surface area contributed by atoms with Gasteiger partial charge in [-0.15, -0.1) is 0 Å². The minimum absolute atomic E-state index is 0.245.